The lowest BCUT2D eigenvalue weighted by Gasteiger charge is -2.24. The highest BCUT2D eigenvalue weighted by Gasteiger charge is 2.21. The molecule has 5 rings (SSSR count). The highest BCUT2D eigenvalue weighted by molar-refractivity contribution is 6.04. The van der Waals surface area contributed by atoms with Crippen LogP contribution in [0.2, 0.25) is 0 Å². The molecule has 0 saturated heterocycles. The van der Waals surface area contributed by atoms with E-state index in [-0.39, 0.29) is 16.8 Å². The van der Waals surface area contributed by atoms with Crippen LogP contribution in [0.3, 0.4) is 0 Å². The van der Waals surface area contributed by atoms with Crippen molar-refractivity contribution in [3.05, 3.63) is 87.6 Å². The second kappa shape index (κ2) is 11.0. The molecule has 0 saturated carbocycles. The SMILES string of the molecule is COCC(C)(C)c1ccc(C(=O)Nc2cc(-c3cc(Nc4cc5n(n4)CCN(C)C5)c(=O)[nH]n3)ccc2F)cc1. The van der Waals surface area contributed by atoms with Gasteiger partial charge in [0.25, 0.3) is 11.5 Å². The molecule has 11 heteroatoms. The third-order valence-corrected chi connectivity index (χ3v) is 7.00. The fourth-order valence-corrected chi connectivity index (χ4v) is 4.73. The highest BCUT2D eigenvalue weighted by Crippen LogP contribution is 2.27. The molecule has 0 bridgehead atoms. The molecule has 3 heterocycles. The Kier molecular flexibility index (Phi) is 7.51. The number of H-pyrrole nitrogens is 1. The summed E-state index contributed by atoms with van der Waals surface area (Å²) in [5.74, 6) is -0.485. The van der Waals surface area contributed by atoms with Crippen molar-refractivity contribution in [2.45, 2.75) is 32.4 Å². The molecule has 1 aliphatic rings. The van der Waals surface area contributed by atoms with Crippen LogP contribution in [-0.2, 0) is 23.2 Å². The van der Waals surface area contributed by atoms with Crippen LogP contribution in [0.1, 0.15) is 35.5 Å². The lowest BCUT2D eigenvalue weighted by Crippen LogP contribution is -2.30. The number of fused-ring (bicyclic) bond motifs is 1. The molecule has 3 N–H and O–H groups in total. The monoisotopic (exact) mass is 545 g/mol. The first-order valence-electron chi connectivity index (χ1n) is 13.0. The van der Waals surface area contributed by atoms with Crippen LogP contribution >= 0.6 is 0 Å². The first-order chi connectivity index (χ1) is 19.1. The van der Waals surface area contributed by atoms with Crippen LogP contribution in [0.4, 0.5) is 21.6 Å². The Morgan fingerprint density at radius 1 is 1.10 bits per heavy atom. The number of amides is 1. The molecule has 10 nitrogen and oxygen atoms in total. The van der Waals surface area contributed by atoms with Gasteiger partial charge >= 0.3 is 0 Å². The molecule has 2 aromatic carbocycles. The van der Waals surface area contributed by atoms with Crippen LogP contribution in [0.5, 0.6) is 0 Å². The molecule has 0 fully saturated rings. The van der Waals surface area contributed by atoms with Crippen LogP contribution in [0.25, 0.3) is 11.3 Å². The zero-order valence-electron chi connectivity index (χ0n) is 22.9. The van der Waals surface area contributed by atoms with E-state index in [1.54, 1.807) is 25.3 Å². The molecule has 40 heavy (non-hydrogen) atoms. The van der Waals surface area contributed by atoms with Gasteiger partial charge in [-0.1, -0.05) is 26.0 Å². The predicted octanol–water partition coefficient (Wildman–Crippen LogP) is 4.14. The van der Waals surface area contributed by atoms with Crippen LogP contribution in [-0.4, -0.2) is 58.1 Å². The van der Waals surface area contributed by atoms with E-state index in [9.17, 15) is 14.0 Å². The maximum Gasteiger partial charge on any atom is 0.287 e. The number of nitrogens with zero attached hydrogens (tertiary/aromatic N) is 4. The number of hydrogen-bond donors (Lipinski definition) is 3. The van der Waals surface area contributed by atoms with Gasteiger partial charge in [0.2, 0.25) is 0 Å². The Morgan fingerprint density at radius 2 is 1.88 bits per heavy atom. The summed E-state index contributed by atoms with van der Waals surface area (Å²) in [6.07, 6.45) is 0. The molecular weight excluding hydrogens is 513 g/mol. The lowest BCUT2D eigenvalue weighted by atomic mass is 9.85. The van der Waals surface area contributed by atoms with Gasteiger partial charge in [0.1, 0.15) is 11.5 Å². The van der Waals surface area contributed by atoms with Gasteiger partial charge in [-0.25, -0.2) is 9.49 Å². The van der Waals surface area contributed by atoms with Gasteiger partial charge in [0.15, 0.2) is 5.82 Å². The first kappa shape index (κ1) is 27.2. The number of carbonyl (C=O) groups excluding carboxylic acids is 1. The van der Waals surface area contributed by atoms with Gasteiger partial charge in [-0.2, -0.15) is 10.2 Å². The minimum absolute atomic E-state index is 0.000283. The number of benzene rings is 2. The van der Waals surface area contributed by atoms with Gasteiger partial charge in [-0.05, 0) is 49.0 Å². The van der Waals surface area contributed by atoms with Crippen LogP contribution in [0.15, 0.2) is 59.4 Å². The van der Waals surface area contributed by atoms with E-state index < -0.39 is 17.3 Å². The third kappa shape index (κ3) is 5.80. The normalized spacial score (nSPS) is 13.6. The van der Waals surface area contributed by atoms with Crippen molar-refractivity contribution in [3.8, 4) is 11.3 Å². The predicted molar refractivity (Wildman–Crippen MR) is 151 cm³/mol. The van der Waals surface area contributed by atoms with Gasteiger partial charge in [-0.3, -0.25) is 19.2 Å². The number of methoxy groups -OCH3 is 1. The number of nitrogens with one attached hydrogen (secondary N) is 3. The topological polar surface area (TPSA) is 117 Å². The van der Waals surface area contributed by atoms with E-state index in [2.05, 4.69) is 44.7 Å². The molecule has 0 aliphatic carbocycles. The molecule has 0 atom stereocenters. The van der Waals surface area contributed by atoms with Gasteiger partial charge < -0.3 is 15.4 Å². The minimum Gasteiger partial charge on any atom is -0.384 e. The number of anilines is 3. The summed E-state index contributed by atoms with van der Waals surface area (Å²) in [6, 6.07) is 14.9. The van der Waals surface area contributed by atoms with E-state index in [1.165, 1.54) is 18.2 Å². The Balaban J connectivity index is 1.34. The number of ether oxygens (including phenoxy) is 1. The average Bonchev–Trinajstić information content (AvgIpc) is 3.32. The second-order valence-corrected chi connectivity index (χ2v) is 10.6. The third-order valence-electron chi connectivity index (χ3n) is 7.00. The van der Waals surface area contributed by atoms with Crippen LogP contribution < -0.4 is 16.2 Å². The molecule has 208 valence electrons. The van der Waals surface area contributed by atoms with Crippen molar-refractivity contribution in [2.24, 2.45) is 0 Å². The number of hydrogen-bond acceptors (Lipinski definition) is 7. The van der Waals surface area contributed by atoms with E-state index in [4.69, 9.17) is 4.74 Å². The molecule has 0 spiro atoms. The fourth-order valence-electron chi connectivity index (χ4n) is 4.73. The molecular formula is C29H32FN7O3. The highest BCUT2D eigenvalue weighted by atomic mass is 19.1. The van der Waals surface area contributed by atoms with Crippen molar-refractivity contribution in [2.75, 3.05) is 37.9 Å². The Labute approximate surface area is 231 Å². The number of carbonyl (C=O) groups is 1. The van der Waals surface area contributed by atoms with Crippen molar-refractivity contribution >= 4 is 23.1 Å². The Morgan fingerprint density at radius 3 is 2.62 bits per heavy atom. The summed E-state index contributed by atoms with van der Waals surface area (Å²) in [6.45, 7) is 7.08. The maximum atomic E-state index is 14.7. The van der Waals surface area contributed by atoms with Crippen molar-refractivity contribution < 1.29 is 13.9 Å². The molecule has 1 aliphatic heterocycles. The van der Waals surface area contributed by atoms with E-state index in [1.807, 2.05) is 29.9 Å². The minimum atomic E-state index is -0.591. The van der Waals surface area contributed by atoms with Gasteiger partial charge in [0, 0.05) is 42.8 Å². The van der Waals surface area contributed by atoms with Gasteiger partial charge in [0.05, 0.1) is 30.2 Å². The molecule has 0 radical (unpaired) electrons. The first-order valence-corrected chi connectivity index (χ1v) is 13.0. The maximum absolute atomic E-state index is 14.7. The zero-order valence-corrected chi connectivity index (χ0v) is 22.9. The molecule has 0 unspecified atom stereocenters. The summed E-state index contributed by atoms with van der Waals surface area (Å²) in [5, 5.41) is 16.9. The molecule has 4 aromatic rings. The summed E-state index contributed by atoms with van der Waals surface area (Å²) in [7, 11) is 3.69. The summed E-state index contributed by atoms with van der Waals surface area (Å²) in [5.41, 5.74) is 2.99. The molecule has 2 aromatic heterocycles. The average molecular weight is 546 g/mol. The van der Waals surface area contributed by atoms with Crippen molar-refractivity contribution in [1.82, 2.24) is 24.9 Å². The van der Waals surface area contributed by atoms with Crippen molar-refractivity contribution in [3.63, 3.8) is 0 Å². The van der Waals surface area contributed by atoms with Gasteiger partial charge in [-0.15, -0.1) is 0 Å². The lowest BCUT2D eigenvalue weighted by molar-refractivity contribution is 0.102. The van der Waals surface area contributed by atoms with Crippen LogP contribution in [0, 0.1) is 5.82 Å². The summed E-state index contributed by atoms with van der Waals surface area (Å²) < 4.78 is 21.9. The smallest absolute Gasteiger partial charge is 0.287 e. The summed E-state index contributed by atoms with van der Waals surface area (Å²) in [4.78, 5) is 27.6. The number of aromatic amines is 1. The molecule has 1 amide bonds. The largest absolute Gasteiger partial charge is 0.384 e. The number of aromatic nitrogens is 4. The number of rotatable bonds is 8. The number of likely N-dealkylation sites (N-methyl/N-ethyl adjacent to an activating group) is 1. The van der Waals surface area contributed by atoms with E-state index in [0.717, 1.165) is 30.9 Å². The summed E-state index contributed by atoms with van der Waals surface area (Å²) >= 11 is 0. The standard InChI is InChI=1S/C29H32FN7O3/c1-29(2,17-40-4)20-8-5-18(6-9-20)27(38)32-24-13-19(7-10-22(24)30)23-15-25(28(39)34-33-23)31-26-14-21-16-36(3)11-12-37(21)35-26/h5-10,13-15H,11-12,16-17H2,1-4H3,(H,32,38)(H,34,39)(H,31,33,35). The second-order valence-electron chi connectivity index (χ2n) is 10.6. The van der Waals surface area contributed by atoms with Crippen molar-refractivity contribution in [1.29, 1.82) is 0 Å². The Bertz CT molecular complexity index is 1590. The van der Waals surface area contributed by atoms with E-state index >= 15 is 0 Å². The van der Waals surface area contributed by atoms with E-state index in [0.29, 0.717) is 29.2 Å². The quantitative estimate of drug-likeness (QED) is 0.305. The number of halogens is 1. The zero-order chi connectivity index (χ0) is 28.4. The fraction of sp³-hybridized carbons (Fsp3) is 0.310. The Hall–Kier alpha value is -4.35.